The molecule has 1 aliphatic heterocycles. The number of aromatic nitrogens is 3. The third kappa shape index (κ3) is 3.64. The van der Waals surface area contributed by atoms with Crippen LogP contribution in [0.3, 0.4) is 0 Å². The molecule has 7 heteroatoms. The van der Waals surface area contributed by atoms with Crippen LogP contribution in [0.15, 0.2) is 61.2 Å². The highest BCUT2D eigenvalue weighted by Crippen LogP contribution is 2.22. The molecular formula is C21H21N5O2. The molecule has 28 heavy (non-hydrogen) atoms. The number of carbonyl (C=O) groups is 2. The van der Waals surface area contributed by atoms with Crippen LogP contribution >= 0.6 is 0 Å². The smallest absolute Gasteiger partial charge is 0.251 e. The highest BCUT2D eigenvalue weighted by molar-refractivity contribution is 5.97. The number of carbonyl (C=O) groups excluding carboxylic acids is 2. The van der Waals surface area contributed by atoms with E-state index in [-0.39, 0.29) is 17.9 Å². The molecule has 0 bridgehead atoms. The summed E-state index contributed by atoms with van der Waals surface area (Å²) in [7, 11) is 0. The van der Waals surface area contributed by atoms with Crippen molar-refractivity contribution >= 4 is 17.5 Å². The van der Waals surface area contributed by atoms with E-state index in [9.17, 15) is 9.59 Å². The summed E-state index contributed by atoms with van der Waals surface area (Å²) < 4.78 is 1.68. The van der Waals surface area contributed by atoms with Crippen molar-refractivity contribution in [1.29, 1.82) is 0 Å². The molecule has 1 unspecified atom stereocenters. The van der Waals surface area contributed by atoms with E-state index in [0.29, 0.717) is 12.0 Å². The Kier molecular flexibility index (Phi) is 4.89. The Morgan fingerprint density at radius 2 is 1.79 bits per heavy atom. The summed E-state index contributed by atoms with van der Waals surface area (Å²) in [6.45, 7) is 2.69. The average molecular weight is 375 g/mol. The number of benzene rings is 2. The average Bonchev–Trinajstić information content (AvgIpc) is 3.40. The third-order valence-corrected chi connectivity index (χ3v) is 4.94. The van der Waals surface area contributed by atoms with Crippen molar-refractivity contribution in [3.8, 4) is 5.69 Å². The minimum Gasteiger partial charge on any atom is -0.346 e. The fourth-order valence-electron chi connectivity index (χ4n) is 3.33. The van der Waals surface area contributed by atoms with Gasteiger partial charge in [0.1, 0.15) is 12.7 Å². The van der Waals surface area contributed by atoms with E-state index in [1.54, 1.807) is 28.0 Å². The number of nitrogens with zero attached hydrogens (tertiary/aromatic N) is 4. The van der Waals surface area contributed by atoms with Gasteiger partial charge in [0.05, 0.1) is 11.7 Å². The molecule has 142 valence electrons. The molecule has 1 saturated heterocycles. The Morgan fingerprint density at radius 3 is 2.39 bits per heavy atom. The van der Waals surface area contributed by atoms with Crippen LogP contribution in [0.5, 0.6) is 0 Å². The zero-order valence-electron chi connectivity index (χ0n) is 15.6. The molecule has 1 aliphatic rings. The monoisotopic (exact) mass is 375 g/mol. The third-order valence-electron chi connectivity index (χ3n) is 4.94. The number of nitrogens with one attached hydrogen (secondary N) is 1. The maximum absolute atomic E-state index is 12.6. The van der Waals surface area contributed by atoms with E-state index in [4.69, 9.17) is 0 Å². The van der Waals surface area contributed by atoms with E-state index in [2.05, 4.69) is 15.4 Å². The van der Waals surface area contributed by atoms with Crippen LogP contribution in [0.4, 0.5) is 5.69 Å². The van der Waals surface area contributed by atoms with Gasteiger partial charge in [0.15, 0.2) is 0 Å². The fourth-order valence-corrected chi connectivity index (χ4v) is 3.33. The number of hydrogen-bond acceptors (Lipinski definition) is 4. The van der Waals surface area contributed by atoms with Crippen LogP contribution in [0.1, 0.15) is 41.7 Å². The molecule has 0 spiro atoms. The van der Waals surface area contributed by atoms with E-state index in [1.807, 2.05) is 43.3 Å². The van der Waals surface area contributed by atoms with Crippen molar-refractivity contribution < 1.29 is 9.59 Å². The summed E-state index contributed by atoms with van der Waals surface area (Å²) >= 11 is 0. The van der Waals surface area contributed by atoms with Gasteiger partial charge in [0.25, 0.3) is 5.91 Å². The standard InChI is InChI=1S/C21H21N5O2/c1-15(16-4-10-19(11-5-16)26-14-22-13-23-26)24-21(28)17-6-8-18(9-7-17)25-12-2-3-20(25)27/h4-11,13-15H,2-3,12H2,1H3,(H,24,28). The summed E-state index contributed by atoms with van der Waals surface area (Å²) in [4.78, 5) is 30.1. The largest absolute Gasteiger partial charge is 0.346 e. The van der Waals surface area contributed by atoms with Gasteiger partial charge in [-0.15, -0.1) is 0 Å². The van der Waals surface area contributed by atoms with Crippen molar-refractivity contribution in [3.05, 3.63) is 72.3 Å². The van der Waals surface area contributed by atoms with Gasteiger partial charge in [0, 0.05) is 24.2 Å². The van der Waals surface area contributed by atoms with Crippen LogP contribution in [0.2, 0.25) is 0 Å². The highest BCUT2D eigenvalue weighted by atomic mass is 16.2. The second-order valence-corrected chi connectivity index (χ2v) is 6.82. The lowest BCUT2D eigenvalue weighted by atomic mass is 10.1. The topological polar surface area (TPSA) is 80.1 Å². The normalized spacial score (nSPS) is 14.9. The van der Waals surface area contributed by atoms with Crippen molar-refractivity contribution in [1.82, 2.24) is 20.1 Å². The van der Waals surface area contributed by atoms with E-state index in [1.165, 1.54) is 6.33 Å². The van der Waals surface area contributed by atoms with E-state index in [0.717, 1.165) is 29.9 Å². The molecule has 1 aromatic heterocycles. The van der Waals surface area contributed by atoms with Crippen LogP contribution in [-0.2, 0) is 4.79 Å². The summed E-state index contributed by atoms with van der Waals surface area (Å²) in [6, 6.07) is 14.8. The van der Waals surface area contributed by atoms with Crippen molar-refractivity contribution in [2.75, 3.05) is 11.4 Å². The molecule has 2 aromatic carbocycles. The number of amides is 2. The van der Waals surface area contributed by atoms with Gasteiger partial charge in [-0.25, -0.2) is 9.67 Å². The van der Waals surface area contributed by atoms with Gasteiger partial charge in [-0.2, -0.15) is 5.10 Å². The fraction of sp³-hybridized carbons (Fsp3) is 0.238. The van der Waals surface area contributed by atoms with Gasteiger partial charge in [-0.3, -0.25) is 9.59 Å². The molecule has 7 nitrogen and oxygen atoms in total. The van der Waals surface area contributed by atoms with Crippen LogP contribution in [-0.4, -0.2) is 33.1 Å². The Balaban J connectivity index is 1.40. The first kappa shape index (κ1) is 17.9. The summed E-state index contributed by atoms with van der Waals surface area (Å²) in [5.41, 5.74) is 3.32. The molecule has 0 aliphatic carbocycles. The molecule has 0 saturated carbocycles. The molecule has 1 N–H and O–H groups in total. The van der Waals surface area contributed by atoms with E-state index >= 15 is 0 Å². The highest BCUT2D eigenvalue weighted by Gasteiger charge is 2.21. The number of rotatable bonds is 5. The molecule has 1 atom stereocenters. The van der Waals surface area contributed by atoms with E-state index < -0.39 is 0 Å². The molecular weight excluding hydrogens is 354 g/mol. The lowest BCUT2D eigenvalue weighted by Crippen LogP contribution is -2.27. The second kappa shape index (κ2) is 7.64. The zero-order valence-corrected chi connectivity index (χ0v) is 15.6. The van der Waals surface area contributed by atoms with Gasteiger partial charge in [-0.1, -0.05) is 12.1 Å². The SMILES string of the molecule is CC(NC(=O)c1ccc(N2CCCC2=O)cc1)c1ccc(-n2cncn2)cc1. The lowest BCUT2D eigenvalue weighted by Gasteiger charge is -2.17. The maximum Gasteiger partial charge on any atom is 0.251 e. The Morgan fingerprint density at radius 1 is 1.07 bits per heavy atom. The minimum absolute atomic E-state index is 0.139. The minimum atomic E-state index is -0.146. The van der Waals surface area contributed by atoms with Gasteiger partial charge < -0.3 is 10.2 Å². The zero-order chi connectivity index (χ0) is 19.5. The predicted molar refractivity (Wildman–Crippen MR) is 105 cm³/mol. The van der Waals surface area contributed by atoms with Crippen LogP contribution in [0, 0.1) is 0 Å². The van der Waals surface area contributed by atoms with Gasteiger partial charge in [-0.05, 0) is 55.3 Å². The predicted octanol–water partition coefficient (Wildman–Crippen LogP) is 2.89. The van der Waals surface area contributed by atoms with Crippen molar-refractivity contribution in [3.63, 3.8) is 0 Å². The van der Waals surface area contributed by atoms with Crippen LogP contribution < -0.4 is 10.2 Å². The van der Waals surface area contributed by atoms with Gasteiger partial charge in [0.2, 0.25) is 5.91 Å². The summed E-state index contributed by atoms with van der Waals surface area (Å²) in [5, 5.41) is 7.11. The Labute approximate surface area is 163 Å². The van der Waals surface area contributed by atoms with Crippen molar-refractivity contribution in [2.45, 2.75) is 25.8 Å². The Bertz CT molecular complexity index is 965. The number of hydrogen-bond donors (Lipinski definition) is 1. The molecule has 1 fully saturated rings. The lowest BCUT2D eigenvalue weighted by molar-refractivity contribution is -0.117. The molecule has 0 radical (unpaired) electrons. The summed E-state index contributed by atoms with van der Waals surface area (Å²) in [5.74, 6) is -0.00712. The molecule has 2 heterocycles. The summed E-state index contributed by atoms with van der Waals surface area (Å²) in [6.07, 6.45) is 4.60. The first-order chi connectivity index (χ1) is 13.6. The van der Waals surface area contributed by atoms with Crippen LogP contribution in [0.25, 0.3) is 5.69 Å². The molecule has 4 rings (SSSR count). The Hall–Kier alpha value is -3.48. The van der Waals surface area contributed by atoms with Crippen molar-refractivity contribution in [2.24, 2.45) is 0 Å². The molecule has 2 amide bonds. The maximum atomic E-state index is 12.6. The molecule has 3 aromatic rings. The second-order valence-electron chi connectivity index (χ2n) is 6.82. The number of anilines is 1. The van der Waals surface area contributed by atoms with Gasteiger partial charge >= 0.3 is 0 Å². The quantitative estimate of drug-likeness (QED) is 0.744. The first-order valence-corrected chi connectivity index (χ1v) is 9.28. The first-order valence-electron chi connectivity index (χ1n) is 9.28.